The quantitative estimate of drug-likeness (QED) is 0.445. The van der Waals surface area contributed by atoms with Gasteiger partial charge in [0.2, 0.25) is 17.7 Å². The van der Waals surface area contributed by atoms with E-state index < -0.39 is 41.6 Å². The number of ether oxygens (including phenoxy) is 2. The van der Waals surface area contributed by atoms with Gasteiger partial charge >= 0.3 is 5.97 Å². The lowest BCUT2D eigenvalue weighted by atomic mass is 9.99. The van der Waals surface area contributed by atoms with Crippen molar-refractivity contribution in [1.82, 2.24) is 15.5 Å². The molecule has 0 bridgehead atoms. The number of amides is 2. The Morgan fingerprint density at radius 1 is 1.41 bits per heavy atom. The molecule has 1 saturated heterocycles. The first-order chi connectivity index (χ1) is 13.7. The van der Waals surface area contributed by atoms with Crippen LogP contribution in [0.3, 0.4) is 0 Å². The summed E-state index contributed by atoms with van der Waals surface area (Å²) >= 11 is 0. The lowest BCUT2D eigenvalue weighted by Crippen LogP contribution is -2.58. The number of aliphatic hydroxyl groups is 1. The summed E-state index contributed by atoms with van der Waals surface area (Å²) in [6.07, 6.45) is 0.689. The van der Waals surface area contributed by atoms with E-state index in [2.05, 4.69) is 15.6 Å². The SMILES string of the molecule is CC[C@]1(C(=O)OC)COC([C@@H]2CCCN2C(=O)[C@@H](NC(=O)[C@H](C)NC)C(C)O)=N1. The summed E-state index contributed by atoms with van der Waals surface area (Å²) in [5.74, 6) is -0.937. The van der Waals surface area contributed by atoms with Crippen molar-refractivity contribution in [2.24, 2.45) is 4.99 Å². The number of carbonyl (C=O) groups is 3. The largest absolute Gasteiger partial charge is 0.476 e. The van der Waals surface area contributed by atoms with Crippen LogP contribution in [0.5, 0.6) is 0 Å². The summed E-state index contributed by atoms with van der Waals surface area (Å²) in [5.41, 5.74) is -1.10. The molecular weight excluding hydrogens is 380 g/mol. The average Bonchev–Trinajstić information content (AvgIpc) is 3.37. The number of likely N-dealkylation sites (N-methyl/N-ethyl adjacent to an activating group) is 1. The molecular formula is C19H32N4O6. The predicted molar refractivity (Wildman–Crippen MR) is 105 cm³/mol. The zero-order chi connectivity index (χ0) is 21.8. The van der Waals surface area contributed by atoms with Crippen LogP contribution in [0.4, 0.5) is 0 Å². The lowest BCUT2D eigenvalue weighted by Gasteiger charge is -2.30. The third kappa shape index (κ3) is 4.69. The number of rotatable bonds is 8. The molecule has 2 aliphatic heterocycles. The van der Waals surface area contributed by atoms with E-state index in [1.807, 2.05) is 6.92 Å². The molecule has 3 N–H and O–H groups in total. The maximum Gasteiger partial charge on any atom is 0.337 e. The van der Waals surface area contributed by atoms with Gasteiger partial charge in [0.05, 0.1) is 19.3 Å². The highest BCUT2D eigenvalue weighted by atomic mass is 16.5. The Labute approximate surface area is 171 Å². The summed E-state index contributed by atoms with van der Waals surface area (Å²) in [7, 11) is 2.94. The summed E-state index contributed by atoms with van der Waals surface area (Å²) in [5, 5.41) is 15.5. The Bertz CT molecular complexity index is 667. The van der Waals surface area contributed by atoms with Gasteiger partial charge in [-0.3, -0.25) is 9.59 Å². The number of aliphatic imine (C=N–C) groups is 1. The highest BCUT2D eigenvalue weighted by molar-refractivity contribution is 5.96. The van der Waals surface area contributed by atoms with Crippen molar-refractivity contribution >= 4 is 23.7 Å². The molecule has 2 amide bonds. The summed E-state index contributed by atoms with van der Waals surface area (Å²) in [6, 6.07) is -2.04. The number of likely N-dealkylation sites (tertiary alicyclic amines) is 1. The molecule has 1 unspecified atom stereocenters. The normalized spacial score (nSPS) is 26.9. The number of nitrogens with zero attached hydrogens (tertiary/aromatic N) is 2. The van der Waals surface area contributed by atoms with Crippen molar-refractivity contribution < 1.29 is 29.0 Å². The Morgan fingerprint density at radius 3 is 2.66 bits per heavy atom. The van der Waals surface area contributed by atoms with Gasteiger partial charge in [-0.25, -0.2) is 9.79 Å². The molecule has 2 aliphatic rings. The van der Waals surface area contributed by atoms with E-state index in [9.17, 15) is 19.5 Å². The first-order valence-corrected chi connectivity index (χ1v) is 9.97. The number of methoxy groups -OCH3 is 1. The van der Waals surface area contributed by atoms with E-state index in [1.54, 1.807) is 18.9 Å². The van der Waals surface area contributed by atoms with E-state index >= 15 is 0 Å². The van der Waals surface area contributed by atoms with Gasteiger partial charge in [-0.15, -0.1) is 0 Å². The zero-order valence-corrected chi connectivity index (χ0v) is 17.7. The smallest absolute Gasteiger partial charge is 0.337 e. The van der Waals surface area contributed by atoms with Crippen LogP contribution in [-0.4, -0.2) is 90.8 Å². The maximum atomic E-state index is 13.2. The van der Waals surface area contributed by atoms with Gasteiger partial charge < -0.3 is 30.1 Å². The molecule has 0 aromatic rings. The molecule has 0 aromatic carbocycles. The third-order valence-electron chi connectivity index (χ3n) is 5.63. The van der Waals surface area contributed by atoms with Gasteiger partial charge in [0.15, 0.2) is 5.54 Å². The Morgan fingerprint density at radius 2 is 2.10 bits per heavy atom. The minimum absolute atomic E-state index is 0.0697. The summed E-state index contributed by atoms with van der Waals surface area (Å²) in [6.45, 7) is 5.47. The first-order valence-electron chi connectivity index (χ1n) is 9.97. The van der Waals surface area contributed by atoms with Crippen LogP contribution in [0.15, 0.2) is 4.99 Å². The predicted octanol–water partition coefficient (Wildman–Crippen LogP) is -0.799. The van der Waals surface area contributed by atoms with Crippen LogP contribution in [0.25, 0.3) is 0 Å². The third-order valence-corrected chi connectivity index (χ3v) is 5.63. The molecule has 10 heteroatoms. The van der Waals surface area contributed by atoms with E-state index in [0.717, 1.165) is 6.42 Å². The minimum Gasteiger partial charge on any atom is -0.476 e. The Balaban J connectivity index is 2.21. The van der Waals surface area contributed by atoms with Gasteiger partial charge in [-0.2, -0.15) is 0 Å². The first kappa shape index (κ1) is 23.1. The van der Waals surface area contributed by atoms with E-state index in [-0.39, 0.29) is 12.5 Å². The highest BCUT2D eigenvalue weighted by Gasteiger charge is 2.48. The van der Waals surface area contributed by atoms with Gasteiger partial charge in [-0.1, -0.05) is 6.92 Å². The van der Waals surface area contributed by atoms with Gasteiger partial charge in [0, 0.05) is 6.54 Å². The molecule has 0 spiro atoms. The maximum absolute atomic E-state index is 13.2. The van der Waals surface area contributed by atoms with Gasteiger partial charge in [0.25, 0.3) is 0 Å². The monoisotopic (exact) mass is 412 g/mol. The summed E-state index contributed by atoms with van der Waals surface area (Å²) < 4.78 is 10.6. The van der Waals surface area contributed by atoms with Crippen LogP contribution in [0, 0.1) is 0 Å². The van der Waals surface area contributed by atoms with Crippen molar-refractivity contribution in [1.29, 1.82) is 0 Å². The molecule has 29 heavy (non-hydrogen) atoms. The van der Waals surface area contributed by atoms with Crippen molar-refractivity contribution in [2.75, 3.05) is 27.3 Å². The number of esters is 1. The molecule has 0 aromatic heterocycles. The molecule has 5 atom stereocenters. The molecule has 10 nitrogen and oxygen atoms in total. The minimum atomic E-state index is -1.10. The second-order valence-corrected chi connectivity index (χ2v) is 7.54. The topological polar surface area (TPSA) is 130 Å². The molecule has 1 fully saturated rings. The van der Waals surface area contributed by atoms with E-state index in [0.29, 0.717) is 25.3 Å². The van der Waals surface area contributed by atoms with Crippen molar-refractivity contribution in [3.8, 4) is 0 Å². The van der Waals surface area contributed by atoms with Crippen LogP contribution in [-0.2, 0) is 23.9 Å². The molecule has 164 valence electrons. The fourth-order valence-electron chi connectivity index (χ4n) is 3.52. The Kier molecular flexibility index (Phi) is 7.59. The van der Waals surface area contributed by atoms with E-state index in [4.69, 9.17) is 9.47 Å². The van der Waals surface area contributed by atoms with E-state index in [1.165, 1.54) is 14.0 Å². The van der Waals surface area contributed by atoms with Gasteiger partial charge in [0.1, 0.15) is 18.7 Å². The zero-order valence-electron chi connectivity index (χ0n) is 17.7. The molecule has 0 radical (unpaired) electrons. The second-order valence-electron chi connectivity index (χ2n) is 7.54. The van der Waals surface area contributed by atoms with Crippen LogP contribution < -0.4 is 10.6 Å². The fraction of sp³-hybridized carbons (Fsp3) is 0.789. The fourth-order valence-corrected chi connectivity index (χ4v) is 3.52. The average molecular weight is 412 g/mol. The van der Waals surface area contributed by atoms with Crippen molar-refractivity contribution in [3.05, 3.63) is 0 Å². The number of hydrogen-bond donors (Lipinski definition) is 3. The number of aliphatic hydroxyl groups excluding tert-OH is 1. The number of carbonyl (C=O) groups excluding carboxylic acids is 3. The van der Waals surface area contributed by atoms with Crippen molar-refractivity contribution in [2.45, 2.75) is 69.8 Å². The highest BCUT2D eigenvalue weighted by Crippen LogP contribution is 2.30. The lowest BCUT2D eigenvalue weighted by molar-refractivity contribution is -0.147. The molecule has 0 saturated carbocycles. The molecule has 0 aliphatic carbocycles. The molecule has 2 heterocycles. The van der Waals surface area contributed by atoms with Crippen LogP contribution in [0.1, 0.15) is 40.0 Å². The summed E-state index contributed by atoms with van der Waals surface area (Å²) in [4.78, 5) is 43.6. The van der Waals surface area contributed by atoms with Crippen LogP contribution >= 0.6 is 0 Å². The molecule has 2 rings (SSSR count). The van der Waals surface area contributed by atoms with Crippen LogP contribution in [0.2, 0.25) is 0 Å². The Hall–Kier alpha value is -2.20. The number of nitrogens with one attached hydrogen (secondary N) is 2. The van der Waals surface area contributed by atoms with Gasteiger partial charge in [-0.05, 0) is 40.2 Å². The second kappa shape index (κ2) is 9.53. The standard InChI is InChI=1S/C19H32N4O6/c1-6-19(18(27)28-5)10-29-16(22-19)13-8-7-9-23(13)17(26)14(12(3)24)21-15(25)11(2)20-4/h11-14,20,24H,6-10H2,1-5H3,(H,21,25)/t11-,12?,13-,14-,19+/m0/s1. The number of hydrogen-bond acceptors (Lipinski definition) is 8. The van der Waals surface area contributed by atoms with Crippen molar-refractivity contribution in [3.63, 3.8) is 0 Å².